The Hall–Kier alpha value is -1.20. The highest BCUT2D eigenvalue weighted by Crippen LogP contribution is 2.42. The normalized spacial score (nSPS) is 13.2. The number of carboxylic acids is 1. The van der Waals surface area contributed by atoms with Crippen molar-refractivity contribution in [3.8, 4) is 0 Å². The average Bonchev–Trinajstić information content (AvgIpc) is 2.39. The van der Waals surface area contributed by atoms with Gasteiger partial charge in [-0.15, -0.1) is 0 Å². The predicted molar refractivity (Wildman–Crippen MR) is 66.3 cm³/mol. The fourth-order valence-electron chi connectivity index (χ4n) is 1.41. The molecule has 0 unspecified atom stereocenters. The summed E-state index contributed by atoms with van der Waals surface area (Å²) in [6.07, 6.45) is 0.187. The molecule has 0 aliphatic carbocycles. The first kappa shape index (κ1) is 14.9. The second-order valence-corrected chi connectivity index (χ2v) is 5.56. The van der Waals surface area contributed by atoms with Crippen LogP contribution in [0.15, 0.2) is 30.3 Å². The van der Waals surface area contributed by atoms with Crippen molar-refractivity contribution in [2.75, 3.05) is 14.2 Å². The maximum atomic E-state index is 11.8. The molecule has 7 heteroatoms. The lowest BCUT2D eigenvalue weighted by molar-refractivity contribution is -0.139. The number of carboxylic acid groups (broad SMARTS) is 1. The van der Waals surface area contributed by atoms with Gasteiger partial charge < -0.3 is 14.2 Å². The number of hydrogen-bond donors (Lipinski definition) is 2. The van der Waals surface area contributed by atoms with Crippen molar-refractivity contribution in [1.82, 2.24) is 5.09 Å². The molecule has 0 heterocycles. The van der Waals surface area contributed by atoms with Gasteiger partial charge in [0.05, 0.1) is 0 Å². The molecule has 0 radical (unpaired) electrons. The Morgan fingerprint density at radius 1 is 1.33 bits per heavy atom. The Bertz CT molecular complexity index is 428. The molecule has 100 valence electrons. The minimum atomic E-state index is -3.56. The van der Waals surface area contributed by atoms with Gasteiger partial charge in [0.15, 0.2) is 0 Å². The minimum Gasteiger partial charge on any atom is -0.480 e. The molecule has 1 aromatic rings. The third-order valence-electron chi connectivity index (χ3n) is 2.38. The molecule has 0 saturated carbocycles. The van der Waals surface area contributed by atoms with Gasteiger partial charge in [0, 0.05) is 14.2 Å². The van der Waals surface area contributed by atoms with Crippen LogP contribution in [0.4, 0.5) is 0 Å². The van der Waals surface area contributed by atoms with E-state index in [1.165, 1.54) is 14.2 Å². The molecule has 0 saturated heterocycles. The molecule has 6 nitrogen and oxygen atoms in total. The van der Waals surface area contributed by atoms with Gasteiger partial charge in [0.25, 0.3) is 0 Å². The van der Waals surface area contributed by atoms with Crippen LogP contribution in [0.1, 0.15) is 5.56 Å². The summed E-state index contributed by atoms with van der Waals surface area (Å²) >= 11 is 0. The van der Waals surface area contributed by atoms with Crippen molar-refractivity contribution in [3.63, 3.8) is 0 Å². The summed E-state index contributed by atoms with van der Waals surface area (Å²) in [5.74, 6) is -1.12. The van der Waals surface area contributed by atoms with E-state index in [1.807, 2.05) is 6.07 Å². The molecule has 0 amide bonds. The van der Waals surface area contributed by atoms with E-state index in [2.05, 4.69) is 14.1 Å². The summed E-state index contributed by atoms with van der Waals surface area (Å²) in [7, 11) is -1.17. The van der Waals surface area contributed by atoms with E-state index >= 15 is 0 Å². The van der Waals surface area contributed by atoms with Gasteiger partial charge in [0.2, 0.25) is 0 Å². The third kappa shape index (κ3) is 4.23. The number of hydrogen-bond acceptors (Lipinski definition) is 4. The average molecular weight is 273 g/mol. The Balaban J connectivity index is 2.79. The Labute approximate surface area is 106 Å². The van der Waals surface area contributed by atoms with E-state index in [4.69, 9.17) is 5.11 Å². The zero-order valence-corrected chi connectivity index (χ0v) is 11.1. The smallest absolute Gasteiger partial charge is 0.405 e. The number of aliphatic carboxylic acids is 1. The second-order valence-electron chi connectivity index (χ2n) is 3.57. The van der Waals surface area contributed by atoms with E-state index in [0.717, 1.165) is 5.56 Å². The van der Waals surface area contributed by atoms with Gasteiger partial charge in [0.1, 0.15) is 6.04 Å². The first-order valence-corrected chi connectivity index (χ1v) is 6.81. The van der Waals surface area contributed by atoms with Crippen molar-refractivity contribution in [2.45, 2.75) is 12.5 Å². The van der Waals surface area contributed by atoms with Gasteiger partial charge in [-0.2, -0.15) is 0 Å². The Morgan fingerprint density at radius 3 is 2.33 bits per heavy atom. The van der Waals surface area contributed by atoms with Crippen molar-refractivity contribution in [1.29, 1.82) is 0 Å². The number of carbonyl (C=O) groups is 1. The standard InChI is InChI=1S/C11H16NO5P/c1-16-18(15,17-2)12-10(11(13)14)8-9-6-4-3-5-7-9/h3-7,10H,8H2,1-2H3,(H,12,15)(H,13,14)/t10-/m0/s1. The Morgan fingerprint density at radius 2 is 1.89 bits per heavy atom. The molecule has 0 fully saturated rings. The van der Waals surface area contributed by atoms with E-state index in [9.17, 15) is 9.36 Å². The maximum Gasteiger partial charge on any atom is 0.405 e. The highest BCUT2D eigenvalue weighted by atomic mass is 31.2. The highest BCUT2D eigenvalue weighted by molar-refractivity contribution is 7.51. The number of rotatable bonds is 7. The summed E-state index contributed by atoms with van der Waals surface area (Å²) in [4.78, 5) is 11.1. The molecule has 0 spiro atoms. The van der Waals surface area contributed by atoms with Crippen LogP contribution in [-0.2, 0) is 24.8 Å². The molecule has 1 rings (SSSR count). The molecule has 18 heavy (non-hydrogen) atoms. The SMILES string of the molecule is COP(=O)(N[C@@H](Cc1ccccc1)C(=O)O)OC. The van der Waals surface area contributed by atoms with Crippen LogP contribution >= 0.6 is 7.75 Å². The molecule has 1 aromatic carbocycles. The lowest BCUT2D eigenvalue weighted by Crippen LogP contribution is -2.37. The summed E-state index contributed by atoms with van der Waals surface area (Å²) in [5.41, 5.74) is 0.816. The summed E-state index contributed by atoms with van der Waals surface area (Å²) in [6.45, 7) is 0. The first-order valence-electron chi connectivity index (χ1n) is 5.27. The molecule has 1 atom stereocenters. The van der Waals surface area contributed by atoms with Crippen LogP contribution in [0.25, 0.3) is 0 Å². The van der Waals surface area contributed by atoms with Crippen molar-refractivity contribution in [2.24, 2.45) is 0 Å². The molecule has 0 bridgehead atoms. The van der Waals surface area contributed by atoms with Gasteiger partial charge in [-0.05, 0) is 12.0 Å². The maximum absolute atomic E-state index is 11.8. The van der Waals surface area contributed by atoms with Crippen molar-refractivity contribution < 1.29 is 23.5 Å². The van der Waals surface area contributed by atoms with Gasteiger partial charge in [-0.25, -0.2) is 9.65 Å². The zero-order valence-electron chi connectivity index (χ0n) is 10.2. The molecule has 0 aromatic heterocycles. The molecule has 0 aliphatic heterocycles. The van der Waals surface area contributed by atoms with Gasteiger partial charge >= 0.3 is 13.7 Å². The summed E-state index contributed by atoms with van der Waals surface area (Å²) < 4.78 is 21.2. The predicted octanol–water partition coefficient (Wildman–Crippen LogP) is 1.67. The van der Waals surface area contributed by atoms with Crippen LogP contribution in [0.5, 0.6) is 0 Å². The van der Waals surface area contributed by atoms with Crippen molar-refractivity contribution in [3.05, 3.63) is 35.9 Å². The van der Waals surface area contributed by atoms with E-state index < -0.39 is 19.8 Å². The summed E-state index contributed by atoms with van der Waals surface area (Å²) in [6, 6.07) is 7.99. The summed E-state index contributed by atoms with van der Waals surface area (Å²) in [5, 5.41) is 11.5. The molecular formula is C11H16NO5P. The molecule has 2 N–H and O–H groups in total. The zero-order chi connectivity index (χ0) is 13.6. The monoisotopic (exact) mass is 273 g/mol. The fourth-order valence-corrected chi connectivity index (χ4v) is 2.35. The van der Waals surface area contributed by atoms with Crippen LogP contribution in [0.2, 0.25) is 0 Å². The largest absolute Gasteiger partial charge is 0.480 e. The fraction of sp³-hybridized carbons (Fsp3) is 0.364. The van der Waals surface area contributed by atoms with Crippen LogP contribution in [-0.4, -0.2) is 31.3 Å². The van der Waals surface area contributed by atoms with Crippen molar-refractivity contribution >= 4 is 13.7 Å². The number of nitrogens with one attached hydrogen (secondary N) is 1. The van der Waals surface area contributed by atoms with Gasteiger partial charge in [-0.3, -0.25) is 4.79 Å². The molecule has 0 aliphatic rings. The first-order chi connectivity index (χ1) is 8.50. The van der Waals surface area contributed by atoms with E-state index in [0.29, 0.717) is 0 Å². The van der Waals surface area contributed by atoms with Crippen LogP contribution in [0.3, 0.4) is 0 Å². The quantitative estimate of drug-likeness (QED) is 0.735. The van der Waals surface area contributed by atoms with E-state index in [-0.39, 0.29) is 6.42 Å². The minimum absolute atomic E-state index is 0.187. The highest BCUT2D eigenvalue weighted by Gasteiger charge is 2.29. The lowest BCUT2D eigenvalue weighted by atomic mass is 10.1. The Kier molecular flexibility index (Phi) is 5.50. The van der Waals surface area contributed by atoms with Crippen LogP contribution < -0.4 is 5.09 Å². The lowest BCUT2D eigenvalue weighted by Gasteiger charge is -2.20. The second kappa shape index (κ2) is 6.66. The third-order valence-corrected chi connectivity index (χ3v) is 3.96. The van der Waals surface area contributed by atoms with Crippen LogP contribution in [0, 0.1) is 0 Å². The topological polar surface area (TPSA) is 84.9 Å². The number of benzene rings is 1. The molecular weight excluding hydrogens is 257 g/mol. The van der Waals surface area contributed by atoms with Gasteiger partial charge in [-0.1, -0.05) is 30.3 Å². The van der Waals surface area contributed by atoms with E-state index in [1.54, 1.807) is 24.3 Å².